The summed E-state index contributed by atoms with van der Waals surface area (Å²) in [6.07, 6.45) is 4.56. The van der Waals surface area contributed by atoms with Gasteiger partial charge in [-0.1, -0.05) is 34.7 Å². The van der Waals surface area contributed by atoms with Crippen molar-refractivity contribution in [2.24, 2.45) is 5.22 Å². The molecule has 2 amide bonds. The second-order valence-corrected chi connectivity index (χ2v) is 5.31. The number of anilines is 1. The molecule has 7 heteroatoms. The van der Waals surface area contributed by atoms with Crippen molar-refractivity contribution in [1.29, 1.82) is 5.53 Å². The lowest BCUT2D eigenvalue weighted by Crippen LogP contribution is -2.25. The van der Waals surface area contributed by atoms with Gasteiger partial charge in [0, 0.05) is 17.3 Å². The first-order valence-electron chi connectivity index (χ1n) is 6.46. The second kappa shape index (κ2) is 7.94. The monoisotopic (exact) mass is 313 g/mol. The Labute approximate surface area is 132 Å². The minimum absolute atomic E-state index is 0.524. The van der Waals surface area contributed by atoms with Crippen molar-refractivity contribution < 1.29 is 4.79 Å². The lowest BCUT2D eigenvalue weighted by Gasteiger charge is -2.11. The van der Waals surface area contributed by atoms with Crippen LogP contribution in [-0.2, 0) is 0 Å². The smallest absolute Gasteiger partial charge is 0.305 e. The van der Waals surface area contributed by atoms with E-state index in [4.69, 9.17) is 5.53 Å². The molecule has 6 nitrogen and oxygen atoms in total. The van der Waals surface area contributed by atoms with Crippen molar-refractivity contribution in [1.82, 2.24) is 9.99 Å². The summed E-state index contributed by atoms with van der Waals surface area (Å²) in [5, 5.41) is 8.39. The molecule has 0 saturated heterocycles. The van der Waals surface area contributed by atoms with Crippen LogP contribution >= 0.6 is 11.8 Å². The largest absolute Gasteiger partial charge is 0.347 e. The van der Waals surface area contributed by atoms with Crippen LogP contribution in [0.15, 0.2) is 70.5 Å². The normalized spacial score (nSPS) is 10.4. The van der Waals surface area contributed by atoms with Gasteiger partial charge in [-0.05, 0) is 36.6 Å². The number of nitrogens with one attached hydrogen (secondary N) is 2. The Morgan fingerprint density at radius 1 is 1.36 bits per heavy atom. The number of aryl methyl sites for hydroxylation is 1. The van der Waals surface area contributed by atoms with Gasteiger partial charge >= 0.3 is 6.03 Å². The third kappa shape index (κ3) is 4.71. The van der Waals surface area contributed by atoms with Crippen LogP contribution in [0, 0.1) is 12.5 Å². The summed E-state index contributed by atoms with van der Waals surface area (Å²) in [5.41, 5.74) is 8.81. The molecule has 2 rings (SSSR count). The van der Waals surface area contributed by atoms with Crippen LogP contribution in [0.3, 0.4) is 0 Å². The van der Waals surface area contributed by atoms with E-state index in [1.165, 1.54) is 29.7 Å². The first kappa shape index (κ1) is 15.7. The van der Waals surface area contributed by atoms with Gasteiger partial charge in [0.25, 0.3) is 0 Å². The van der Waals surface area contributed by atoms with Gasteiger partial charge in [0.05, 0.1) is 11.9 Å². The molecular weight excluding hydrogens is 298 g/mol. The highest BCUT2D eigenvalue weighted by Crippen LogP contribution is 2.19. The van der Waals surface area contributed by atoms with Gasteiger partial charge in [0.15, 0.2) is 0 Å². The number of urea groups is 1. The molecule has 0 radical (unpaired) electrons. The third-order valence-corrected chi connectivity index (χ3v) is 3.46. The molecule has 22 heavy (non-hydrogen) atoms. The van der Waals surface area contributed by atoms with Crippen LogP contribution in [0.4, 0.5) is 10.5 Å². The number of aromatic nitrogens is 1. The SMILES string of the molecule is Cc1ccc(S/C=C/N(N=N)C(=O)Nc2cccnc2)cc1. The van der Waals surface area contributed by atoms with E-state index in [-0.39, 0.29) is 0 Å². The zero-order valence-electron chi connectivity index (χ0n) is 11.9. The molecule has 1 aromatic heterocycles. The maximum atomic E-state index is 11.9. The number of carbonyl (C=O) groups is 1. The molecule has 0 bridgehead atoms. The van der Waals surface area contributed by atoms with Crippen LogP contribution in [0.5, 0.6) is 0 Å². The molecule has 0 saturated carbocycles. The minimum atomic E-state index is -0.524. The number of thioether (sulfide) groups is 1. The zero-order chi connectivity index (χ0) is 15.8. The highest BCUT2D eigenvalue weighted by molar-refractivity contribution is 8.02. The van der Waals surface area contributed by atoms with Crippen molar-refractivity contribution >= 4 is 23.5 Å². The highest BCUT2D eigenvalue weighted by Gasteiger charge is 2.09. The fourth-order valence-electron chi connectivity index (χ4n) is 1.55. The average molecular weight is 313 g/mol. The van der Waals surface area contributed by atoms with Gasteiger partial charge in [-0.15, -0.1) is 0 Å². The van der Waals surface area contributed by atoms with Crippen LogP contribution < -0.4 is 5.32 Å². The molecule has 112 valence electrons. The number of carbonyl (C=O) groups excluding carboxylic acids is 1. The molecule has 0 aliphatic rings. The Morgan fingerprint density at radius 3 is 2.77 bits per heavy atom. The van der Waals surface area contributed by atoms with Gasteiger partial charge < -0.3 is 5.32 Å². The predicted octanol–water partition coefficient (Wildman–Crippen LogP) is 4.43. The summed E-state index contributed by atoms with van der Waals surface area (Å²) in [7, 11) is 0. The third-order valence-electron chi connectivity index (χ3n) is 2.66. The van der Waals surface area contributed by atoms with Gasteiger partial charge in [-0.2, -0.15) is 10.5 Å². The van der Waals surface area contributed by atoms with Crippen molar-refractivity contribution in [2.75, 3.05) is 5.32 Å². The number of amides is 2. The van der Waals surface area contributed by atoms with Crippen LogP contribution in [0.1, 0.15) is 5.56 Å². The van der Waals surface area contributed by atoms with E-state index >= 15 is 0 Å². The summed E-state index contributed by atoms with van der Waals surface area (Å²) < 4.78 is 0. The second-order valence-electron chi connectivity index (χ2n) is 4.33. The fraction of sp³-hybridized carbons (Fsp3) is 0.0667. The lowest BCUT2D eigenvalue weighted by molar-refractivity contribution is 0.226. The van der Waals surface area contributed by atoms with Crippen molar-refractivity contribution in [3.05, 3.63) is 66.0 Å². The number of pyridine rings is 1. The van der Waals surface area contributed by atoms with Crippen molar-refractivity contribution in [3.8, 4) is 0 Å². The van der Waals surface area contributed by atoms with Gasteiger partial charge in [-0.3, -0.25) is 4.98 Å². The maximum Gasteiger partial charge on any atom is 0.347 e. The standard InChI is InChI=1S/C15H15N5OS/c1-12-4-6-14(7-5-12)22-10-9-20(19-16)15(21)18-13-3-2-8-17-11-13/h2-11,16H,1H3,(H,18,21)/b10-9+,19-16?. The van der Waals surface area contributed by atoms with Gasteiger partial charge in [0.1, 0.15) is 0 Å². The maximum absolute atomic E-state index is 11.9. The van der Waals surface area contributed by atoms with Gasteiger partial charge in [0.2, 0.25) is 0 Å². The molecule has 0 spiro atoms. The Balaban J connectivity index is 1.93. The molecule has 2 N–H and O–H groups in total. The quantitative estimate of drug-likeness (QED) is 0.486. The van der Waals surface area contributed by atoms with E-state index in [9.17, 15) is 4.79 Å². The van der Waals surface area contributed by atoms with E-state index in [2.05, 4.69) is 15.5 Å². The Morgan fingerprint density at radius 2 is 2.14 bits per heavy atom. The van der Waals surface area contributed by atoms with Crippen molar-refractivity contribution in [2.45, 2.75) is 11.8 Å². The number of benzene rings is 1. The first-order valence-corrected chi connectivity index (χ1v) is 7.34. The summed E-state index contributed by atoms with van der Waals surface area (Å²) >= 11 is 1.44. The number of nitrogens with zero attached hydrogens (tertiary/aromatic N) is 3. The van der Waals surface area contributed by atoms with E-state index in [1.54, 1.807) is 23.7 Å². The van der Waals surface area contributed by atoms with Crippen LogP contribution in [-0.4, -0.2) is 16.0 Å². The number of hydrogen-bond acceptors (Lipinski definition) is 5. The highest BCUT2D eigenvalue weighted by atomic mass is 32.2. The molecule has 0 fully saturated rings. The van der Waals surface area contributed by atoms with Crippen LogP contribution in [0.25, 0.3) is 0 Å². The van der Waals surface area contributed by atoms with E-state index in [1.807, 2.05) is 31.2 Å². The fourth-order valence-corrected chi connectivity index (χ4v) is 2.17. The van der Waals surface area contributed by atoms with Crippen LogP contribution in [0.2, 0.25) is 0 Å². The Bertz CT molecular complexity index is 657. The average Bonchev–Trinajstić information content (AvgIpc) is 2.54. The first-order chi connectivity index (χ1) is 10.7. The van der Waals surface area contributed by atoms with Crippen molar-refractivity contribution in [3.63, 3.8) is 0 Å². The molecule has 0 atom stereocenters. The Kier molecular flexibility index (Phi) is 5.67. The molecule has 0 aliphatic heterocycles. The zero-order valence-corrected chi connectivity index (χ0v) is 12.7. The predicted molar refractivity (Wildman–Crippen MR) is 86.4 cm³/mol. The van der Waals surface area contributed by atoms with E-state index in [0.717, 1.165) is 9.90 Å². The molecular formula is C15H15N5OS. The number of hydrogen-bond donors (Lipinski definition) is 2. The molecule has 0 aliphatic carbocycles. The Hall–Kier alpha value is -2.67. The number of rotatable bonds is 5. The molecule has 1 heterocycles. The minimum Gasteiger partial charge on any atom is -0.305 e. The van der Waals surface area contributed by atoms with Gasteiger partial charge in [-0.25, -0.2) is 4.79 Å². The topological polar surface area (TPSA) is 81.4 Å². The summed E-state index contributed by atoms with van der Waals surface area (Å²) in [6, 6.07) is 10.9. The molecule has 1 aromatic carbocycles. The summed E-state index contributed by atoms with van der Waals surface area (Å²) in [4.78, 5) is 16.9. The lowest BCUT2D eigenvalue weighted by atomic mass is 10.2. The van der Waals surface area contributed by atoms with E-state index in [0.29, 0.717) is 5.69 Å². The molecule has 2 aromatic rings. The molecule has 0 unspecified atom stereocenters. The summed E-state index contributed by atoms with van der Waals surface area (Å²) in [6.45, 7) is 2.02. The summed E-state index contributed by atoms with van der Waals surface area (Å²) in [5.74, 6) is 0. The van der Waals surface area contributed by atoms with E-state index < -0.39 is 6.03 Å².